The molecule has 27 heavy (non-hydrogen) atoms. The van der Waals surface area contributed by atoms with Crippen LogP contribution >= 0.6 is 0 Å². The van der Waals surface area contributed by atoms with E-state index < -0.39 is 5.97 Å². The lowest BCUT2D eigenvalue weighted by atomic mass is 9.90. The summed E-state index contributed by atoms with van der Waals surface area (Å²) in [6.45, 7) is 4.43. The predicted octanol–water partition coefficient (Wildman–Crippen LogP) is 4.23. The van der Waals surface area contributed by atoms with Gasteiger partial charge < -0.3 is 14.4 Å². The zero-order chi connectivity index (χ0) is 19.6. The number of aromatic nitrogens is 1. The van der Waals surface area contributed by atoms with Crippen LogP contribution in [0, 0.1) is 6.92 Å². The number of allylic oxidation sites excluding steroid dienone is 2. The Morgan fingerprint density at radius 1 is 1.26 bits per heavy atom. The van der Waals surface area contributed by atoms with Crippen molar-refractivity contribution in [2.24, 2.45) is 0 Å². The molecule has 0 radical (unpaired) electrons. The first-order chi connectivity index (χ1) is 13.0. The Morgan fingerprint density at radius 2 is 2.00 bits per heavy atom. The van der Waals surface area contributed by atoms with Gasteiger partial charge in [0.25, 0.3) is 0 Å². The van der Waals surface area contributed by atoms with Gasteiger partial charge in [0, 0.05) is 17.8 Å². The Bertz CT molecular complexity index is 963. The highest BCUT2D eigenvalue weighted by molar-refractivity contribution is 6.33. The molecule has 0 spiro atoms. The highest BCUT2D eigenvalue weighted by Gasteiger charge is 2.26. The van der Waals surface area contributed by atoms with Crippen LogP contribution in [0.2, 0.25) is 0 Å². The topological polar surface area (TPSA) is 68.5 Å². The fraction of sp³-hybridized carbons (Fsp3) is 0.273. The van der Waals surface area contributed by atoms with Crippen molar-refractivity contribution >= 4 is 29.5 Å². The van der Waals surface area contributed by atoms with E-state index in [1.54, 1.807) is 23.6 Å². The third-order valence-electron chi connectivity index (χ3n) is 4.88. The quantitative estimate of drug-likeness (QED) is 0.636. The third-order valence-corrected chi connectivity index (χ3v) is 4.88. The lowest BCUT2D eigenvalue weighted by molar-refractivity contribution is -0.109. The van der Waals surface area contributed by atoms with E-state index in [4.69, 9.17) is 4.74 Å². The first kappa shape index (κ1) is 18.7. The number of methoxy groups -OCH3 is 1. The molecule has 3 rings (SSSR count). The number of ketones is 1. The fourth-order valence-electron chi connectivity index (χ4n) is 3.40. The molecule has 0 unspecified atom stereocenters. The molecule has 140 valence electrons. The summed E-state index contributed by atoms with van der Waals surface area (Å²) in [6.07, 6.45) is 6.70. The maximum atomic E-state index is 12.5. The highest BCUT2D eigenvalue weighted by atomic mass is 16.5. The number of fused-ring (bicyclic) bond motifs is 1. The van der Waals surface area contributed by atoms with E-state index in [1.165, 1.54) is 13.2 Å². The zero-order valence-electron chi connectivity index (χ0n) is 15.8. The molecule has 2 aromatic rings. The maximum Gasteiger partial charge on any atom is 0.340 e. The summed E-state index contributed by atoms with van der Waals surface area (Å²) in [4.78, 5) is 24.9. The van der Waals surface area contributed by atoms with Crippen molar-refractivity contribution < 1.29 is 19.4 Å². The first-order valence-corrected chi connectivity index (χ1v) is 9.03. The monoisotopic (exact) mass is 365 g/mol. The van der Waals surface area contributed by atoms with E-state index in [-0.39, 0.29) is 11.7 Å². The van der Waals surface area contributed by atoms with Crippen molar-refractivity contribution in [2.75, 3.05) is 7.11 Å². The second kappa shape index (κ2) is 7.66. The summed E-state index contributed by atoms with van der Waals surface area (Å²) >= 11 is 0. The van der Waals surface area contributed by atoms with Gasteiger partial charge in [-0.15, -0.1) is 0 Å². The van der Waals surface area contributed by atoms with Crippen molar-refractivity contribution in [3.05, 3.63) is 58.3 Å². The van der Waals surface area contributed by atoms with Crippen LogP contribution < -0.4 is 0 Å². The minimum absolute atomic E-state index is 0.0197. The molecule has 1 aromatic carbocycles. The number of hydrogen-bond acceptors (Lipinski definition) is 4. The van der Waals surface area contributed by atoms with E-state index in [2.05, 4.69) is 6.92 Å². The molecule has 1 aliphatic rings. The molecule has 0 fully saturated rings. The van der Waals surface area contributed by atoms with Crippen LogP contribution in [0.1, 0.15) is 52.5 Å². The fourth-order valence-corrected chi connectivity index (χ4v) is 3.40. The number of esters is 1. The number of ether oxygens (including phenoxy) is 1. The number of carbonyl (C=O) groups excluding carboxylic acids is 2. The second-order valence-electron chi connectivity index (χ2n) is 6.54. The Morgan fingerprint density at radius 3 is 2.70 bits per heavy atom. The largest absolute Gasteiger partial charge is 0.494 e. The molecule has 5 heteroatoms. The molecule has 5 nitrogen and oxygen atoms in total. The van der Waals surface area contributed by atoms with E-state index in [1.807, 2.05) is 24.3 Å². The molecule has 0 saturated carbocycles. The predicted molar refractivity (Wildman–Crippen MR) is 105 cm³/mol. The Labute approximate surface area is 158 Å². The summed E-state index contributed by atoms with van der Waals surface area (Å²) in [5.41, 5.74) is 3.39. The van der Waals surface area contributed by atoms with Crippen LogP contribution in [-0.2, 0) is 16.1 Å². The van der Waals surface area contributed by atoms with E-state index in [9.17, 15) is 14.7 Å². The SMILES string of the molecule is CCCCn1c(C)c(C(=O)OC)c(C=C2C(=O)C=Cc3ccccc32)c1O. The summed E-state index contributed by atoms with van der Waals surface area (Å²) in [5.74, 6) is -0.714. The Balaban J connectivity index is 2.22. The van der Waals surface area contributed by atoms with Gasteiger partial charge >= 0.3 is 5.97 Å². The molecular formula is C22H23NO4. The lowest BCUT2D eigenvalue weighted by Gasteiger charge is -2.13. The number of benzene rings is 1. The Kier molecular flexibility index (Phi) is 5.31. The molecule has 0 bridgehead atoms. The average molecular weight is 365 g/mol. The van der Waals surface area contributed by atoms with Crippen molar-refractivity contribution in [3.63, 3.8) is 0 Å². The standard InChI is InChI=1S/C22H23NO4/c1-4-5-12-23-14(2)20(22(26)27-3)18(21(23)25)13-17-16-9-7-6-8-15(16)10-11-19(17)24/h6-11,13,25H,4-5,12H2,1-3H3. The van der Waals surface area contributed by atoms with Gasteiger partial charge in [-0.1, -0.05) is 43.7 Å². The molecule has 1 heterocycles. The van der Waals surface area contributed by atoms with Crippen molar-refractivity contribution in [2.45, 2.75) is 33.2 Å². The second-order valence-corrected chi connectivity index (χ2v) is 6.54. The molecule has 1 N–H and O–H groups in total. The third kappa shape index (κ3) is 3.33. The molecule has 1 aliphatic carbocycles. The van der Waals surface area contributed by atoms with Crippen LogP contribution in [0.4, 0.5) is 0 Å². The smallest absolute Gasteiger partial charge is 0.340 e. The van der Waals surface area contributed by atoms with Gasteiger partial charge in [0.1, 0.15) is 0 Å². The molecule has 0 saturated heterocycles. The van der Waals surface area contributed by atoms with Gasteiger partial charge in [-0.05, 0) is 36.6 Å². The number of nitrogens with zero attached hydrogens (tertiary/aromatic N) is 1. The first-order valence-electron chi connectivity index (χ1n) is 9.03. The number of aromatic hydroxyl groups is 1. The van der Waals surface area contributed by atoms with Crippen LogP contribution in [0.25, 0.3) is 17.7 Å². The van der Waals surface area contributed by atoms with Gasteiger partial charge in [-0.25, -0.2) is 4.79 Å². The maximum absolute atomic E-state index is 12.5. The van der Waals surface area contributed by atoms with Crippen molar-refractivity contribution in [1.29, 1.82) is 0 Å². The normalized spacial score (nSPS) is 14.5. The van der Waals surface area contributed by atoms with Crippen molar-refractivity contribution in [1.82, 2.24) is 4.57 Å². The molecule has 1 aromatic heterocycles. The number of carbonyl (C=O) groups is 2. The molecule has 0 aliphatic heterocycles. The van der Waals surface area contributed by atoms with Crippen LogP contribution in [0.15, 0.2) is 30.3 Å². The minimum Gasteiger partial charge on any atom is -0.494 e. The van der Waals surface area contributed by atoms with Gasteiger partial charge in [0.2, 0.25) is 0 Å². The van der Waals surface area contributed by atoms with Crippen LogP contribution in [-0.4, -0.2) is 28.5 Å². The number of rotatable bonds is 5. The minimum atomic E-state index is -0.531. The molecule has 0 atom stereocenters. The summed E-state index contributed by atoms with van der Waals surface area (Å²) in [5, 5.41) is 10.8. The van der Waals surface area contributed by atoms with Gasteiger partial charge in [0.05, 0.1) is 18.2 Å². The highest BCUT2D eigenvalue weighted by Crippen LogP contribution is 2.35. The van der Waals surface area contributed by atoms with Gasteiger partial charge in [-0.3, -0.25) is 4.79 Å². The summed E-state index contributed by atoms with van der Waals surface area (Å²) < 4.78 is 6.63. The van der Waals surface area contributed by atoms with Crippen molar-refractivity contribution in [3.8, 4) is 5.88 Å². The van der Waals surface area contributed by atoms with Gasteiger partial charge in [0.15, 0.2) is 11.7 Å². The summed E-state index contributed by atoms with van der Waals surface area (Å²) in [6, 6.07) is 7.54. The summed E-state index contributed by atoms with van der Waals surface area (Å²) in [7, 11) is 1.31. The molecule has 0 amide bonds. The number of hydrogen-bond donors (Lipinski definition) is 1. The van der Waals surface area contributed by atoms with Crippen LogP contribution in [0.3, 0.4) is 0 Å². The number of unbranched alkanes of at least 4 members (excludes halogenated alkanes) is 1. The lowest BCUT2D eigenvalue weighted by Crippen LogP contribution is -2.07. The van der Waals surface area contributed by atoms with E-state index >= 15 is 0 Å². The zero-order valence-corrected chi connectivity index (χ0v) is 15.8. The molecular weight excluding hydrogens is 342 g/mol. The van der Waals surface area contributed by atoms with E-state index in [0.29, 0.717) is 28.9 Å². The van der Waals surface area contributed by atoms with Crippen LogP contribution in [0.5, 0.6) is 5.88 Å². The Hall–Kier alpha value is -3.08. The van der Waals surface area contributed by atoms with E-state index in [0.717, 1.165) is 24.0 Å². The van der Waals surface area contributed by atoms with Gasteiger partial charge in [-0.2, -0.15) is 0 Å². The average Bonchev–Trinajstić information content (AvgIpc) is 2.91.